The van der Waals surface area contributed by atoms with Crippen LogP contribution in [0.3, 0.4) is 0 Å². The molecule has 1 N–H and O–H groups in total. The molecule has 94 valence electrons. The Kier molecular flexibility index (Phi) is 3.67. The van der Waals surface area contributed by atoms with Crippen molar-refractivity contribution in [3.8, 4) is 0 Å². The van der Waals surface area contributed by atoms with E-state index in [1.54, 1.807) is 11.8 Å². The number of nitrogens with zero attached hydrogens (tertiary/aromatic N) is 2. The molecule has 17 heavy (non-hydrogen) atoms. The van der Waals surface area contributed by atoms with Crippen LogP contribution in [0.25, 0.3) is 0 Å². The Hall–Kier alpha value is -0.690. The summed E-state index contributed by atoms with van der Waals surface area (Å²) < 4.78 is 37.3. The van der Waals surface area contributed by atoms with Crippen LogP contribution in [0.1, 0.15) is 12.2 Å². The fourth-order valence-corrected chi connectivity index (χ4v) is 2.81. The lowest BCUT2D eigenvalue weighted by molar-refractivity contribution is -0.144. The third-order valence-corrected chi connectivity index (χ3v) is 3.59. The average molecular weight is 284 g/mol. The number of hydrogen-bond acceptors (Lipinski definition) is 4. The van der Waals surface area contributed by atoms with Gasteiger partial charge < -0.3 is 5.32 Å². The minimum absolute atomic E-state index is 0.129. The van der Waals surface area contributed by atoms with Gasteiger partial charge in [-0.25, -0.2) is 9.97 Å². The molecule has 0 saturated carbocycles. The van der Waals surface area contributed by atoms with Crippen LogP contribution in [0.15, 0.2) is 6.07 Å². The summed E-state index contributed by atoms with van der Waals surface area (Å²) >= 11 is 7.30. The molecule has 1 atom stereocenters. The van der Waals surface area contributed by atoms with E-state index in [1.165, 1.54) is 6.07 Å². The average Bonchev–Trinajstić information content (AvgIpc) is 2.68. The van der Waals surface area contributed by atoms with E-state index in [9.17, 15) is 13.2 Å². The first-order chi connectivity index (χ1) is 7.95. The first-order valence-corrected chi connectivity index (χ1v) is 6.44. The molecular formula is C9H9ClF3N3S. The molecule has 0 bridgehead atoms. The van der Waals surface area contributed by atoms with Gasteiger partial charge in [0.2, 0.25) is 5.82 Å². The van der Waals surface area contributed by atoms with Crippen molar-refractivity contribution in [2.75, 3.05) is 16.8 Å². The summed E-state index contributed by atoms with van der Waals surface area (Å²) in [6.45, 7) is 0. The third kappa shape index (κ3) is 3.38. The summed E-state index contributed by atoms with van der Waals surface area (Å²) in [5, 5.41) is 2.73. The van der Waals surface area contributed by atoms with Crippen LogP contribution in [0.4, 0.5) is 19.0 Å². The third-order valence-electron chi connectivity index (χ3n) is 2.23. The molecule has 1 aliphatic rings. The van der Waals surface area contributed by atoms with E-state index in [2.05, 4.69) is 15.3 Å². The zero-order valence-electron chi connectivity index (χ0n) is 8.59. The summed E-state index contributed by atoms with van der Waals surface area (Å²) in [6.07, 6.45) is -3.67. The zero-order valence-corrected chi connectivity index (χ0v) is 10.2. The van der Waals surface area contributed by atoms with E-state index in [4.69, 9.17) is 11.6 Å². The molecule has 0 aliphatic carbocycles. The van der Waals surface area contributed by atoms with Crippen LogP contribution in [0, 0.1) is 0 Å². The SMILES string of the molecule is FC(F)(F)c1nc(Cl)cc(NC2CCSC2)n1. The number of hydrogen-bond donors (Lipinski definition) is 1. The lowest BCUT2D eigenvalue weighted by Crippen LogP contribution is -2.20. The van der Waals surface area contributed by atoms with Gasteiger partial charge in [-0.2, -0.15) is 24.9 Å². The van der Waals surface area contributed by atoms with Crippen LogP contribution < -0.4 is 5.32 Å². The molecule has 0 amide bonds. The van der Waals surface area contributed by atoms with Gasteiger partial charge >= 0.3 is 6.18 Å². The summed E-state index contributed by atoms with van der Waals surface area (Å²) in [7, 11) is 0. The summed E-state index contributed by atoms with van der Waals surface area (Å²) in [5.74, 6) is 0.786. The maximum Gasteiger partial charge on any atom is 0.451 e. The molecule has 1 unspecified atom stereocenters. The van der Waals surface area contributed by atoms with E-state index in [-0.39, 0.29) is 17.0 Å². The summed E-state index contributed by atoms with van der Waals surface area (Å²) in [6, 6.07) is 1.45. The van der Waals surface area contributed by atoms with Crippen LogP contribution >= 0.6 is 23.4 Å². The van der Waals surface area contributed by atoms with Crippen molar-refractivity contribution in [3.63, 3.8) is 0 Å². The second-order valence-electron chi connectivity index (χ2n) is 3.60. The number of halogens is 4. The standard InChI is InChI=1S/C9H9ClF3N3S/c10-6-3-7(14-5-1-2-17-4-5)16-8(15-6)9(11,12)13/h3,5H,1-2,4H2,(H,14,15,16). The highest BCUT2D eigenvalue weighted by atomic mass is 35.5. The van der Waals surface area contributed by atoms with E-state index in [0.717, 1.165) is 17.9 Å². The normalized spacial score (nSPS) is 20.6. The van der Waals surface area contributed by atoms with Crippen molar-refractivity contribution in [1.82, 2.24) is 9.97 Å². The number of nitrogens with one attached hydrogen (secondary N) is 1. The molecular weight excluding hydrogens is 275 g/mol. The second kappa shape index (κ2) is 4.89. The molecule has 1 aliphatic heterocycles. The van der Waals surface area contributed by atoms with Gasteiger partial charge in [0.05, 0.1) is 0 Å². The Labute approximate surface area is 105 Å². The minimum Gasteiger partial charge on any atom is -0.366 e. The fraction of sp³-hybridized carbons (Fsp3) is 0.556. The van der Waals surface area contributed by atoms with Crippen molar-refractivity contribution < 1.29 is 13.2 Å². The van der Waals surface area contributed by atoms with Crippen LogP contribution in [0.2, 0.25) is 5.15 Å². The maximum atomic E-state index is 12.4. The van der Waals surface area contributed by atoms with Gasteiger partial charge in [-0.1, -0.05) is 11.6 Å². The lowest BCUT2D eigenvalue weighted by atomic mass is 10.2. The van der Waals surface area contributed by atoms with Crippen molar-refractivity contribution in [3.05, 3.63) is 17.0 Å². The molecule has 3 nitrogen and oxygen atoms in total. The largest absolute Gasteiger partial charge is 0.451 e. The highest BCUT2D eigenvalue weighted by Gasteiger charge is 2.35. The number of rotatable bonds is 2. The molecule has 8 heteroatoms. The lowest BCUT2D eigenvalue weighted by Gasteiger charge is -2.13. The molecule has 1 aromatic rings. The smallest absolute Gasteiger partial charge is 0.366 e. The van der Waals surface area contributed by atoms with Crippen molar-refractivity contribution >= 4 is 29.2 Å². The van der Waals surface area contributed by atoms with E-state index in [1.807, 2.05) is 0 Å². The number of aromatic nitrogens is 2. The van der Waals surface area contributed by atoms with Crippen LogP contribution in [-0.4, -0.2) is 27.5 Å². The van der Waals surface area contributed by atoms with Gasteiger partial charge in [-0.3, -0.25) is 0 Å². The first kappa shape index (κ1) is 12.8. The quantitative estimate of drug-likeness (QED) is 0.847. The molecule has 1 aromatic heterocycles. The molecule has 1 saturated heterocycles. The zero-order chi connectivity index (χ0) is 12.5. The summed E-state index contributed by atoms with van der Waals surface area (Å²) in [5.41, 5.74) is 0. The van der Waals surface area contributed by atoms with Gasteiger partial charge in [0.1, 0.15) is 11.0 Å². The molecule has 2 rings (SSSR count). The van der Waals surface area contributed by atoms with Gasteiger partial charge in [-0.05, 0) is 12.2 Å². The maximum absolute atomic E-state index is 12.4. The number of thioether (sulfide) groups is 1. The Morgan fingerprint density at radius 2 is 2.18 bits per heavy atom. The molecule has 0 aromatic carbocycles. The van der Waals surface area contributed by atoms with Crippen molar-refractivity contribution in [2.45, 2.75) is 18.6 Å². The highest BCUT2D eigenvalue weighted by molar-refractivity contribution is 7.99. The molecule has 0 spiro atoms. The molecule has 1 fully saturated rings. The number of anilines is 1. The Morgan fingerprint density at radius 1 is 1.41 bits per heavy atom. The van der Waals surface area contributed by atoms with Crippen LogP contribution in [0.5, 0.6) is 0 Å². The van der Waals surface area contributed by atoms with Gasteiger partial charge in [0.15, 0.2) is 0 Å². The molecule has 0 radical (unpaired) electrons. The first-order valence-electron chi connectivity index (χ1n) is 4.91. The fourth-order valence-electron chi connectivity index (χ4n) is 1.48. The predicted molar refractivity (Wildman–Crippen MR) is 61.4 cm³/mol. The Balaban J connectivity index is 2.19. The highest BCUT2D eigenvalue weighted by Crippen LogP contribution is 2.29. The second-order valence-corrected chi connectivity index (χ2v) is 5.14. The van der Waals surface area contributed by atoms with Crippen molar-refractivity contribution in [2.24, 2.45) is 0 Å². The van der Waals surface area contributed by atoms with E-state index in [0.29, 0.717) is 0 Å². The van der Waals surface area contributed by atoms with Crippen LogP contribution in [-0.2, 0) is 6.18 Å². The Morgan fingerprint density at radius 3 is 2.76 bits per heavy atom. The minimum atomic E-state index is -4.58. The topological polar surface area (TPSA) is 37.8 Å². The van der Waals surface area contributed by atoms with Gasteiger partial charge in [0, 0.05) is 17.9 Å². The Bertz CT molecular complexity index is 407. The number of alkyl halides is 3. The van der Waals surface area contributed by atoms with Crippen molar-refractivity contribution in [1.29, 1.82) is 0 Å². The van der Waals surface area contributed by atoms with E-state index >= 15 is 0 Å². The van der Waals surface area contributed by atoms with Gasteiger partial charge in [-0.15, -0.1) is 0 Å². The van der Waals surface area contributed by atoms with Gasteiger partial charge in [0.25, 0.3) is 0 Å². The molecule has 2 heterocycles. The van der Waals surface area contributed by atoms with E-state index < -0.39 is 12.0 Å². The predicted octanol–water partition coefficient (Wildman–Crippen LogP) is 3.07. The summed E-state index contributed by atoms with van der Waals surface area (Å²) in [4.78, 5) is 6.59. The monoisotopic (exact) mass is 283 g/mol.